The van der Waals surface area contributed by atoms with Gasteiger partial charge in [-0.25, -0.2) is 0 Å². The van der Waals surface area contributed by atoms with Crippen LogP contribution in [0.4, 0.5) is 0 Å². The molecule has 1 amide bonds. The van der Waals surface area contributed by atoms with E-state index in [4.69, 9.17) is 4.74 Å². The molecule has 0 fully saturated rings. The summed E-state index contributed by atoms with van der Waals surface area (Å²) in [6, 6.07) is -0.724. The van der Waals surface area contributed by atoms with E-state index in [1.54, 1.807) is 0 Å². The highest BCUT2D eigenvalue weighted by Crippen LogP contribution is 2.17. The summed E-state index contributed by atoms with van der Waals surface area (Å²) in [5, 5.41) is 23.8. The molecule has 6 nitrogen and oxygen atoms in total. The van der Waals surface area contributed by atoms with Gasteiger partial charge in [0.15, 0.2) is 0 Å². The fourth-order valence-electron chi connectivity index (χ4n) is 7.45. The zero-order chi connectivity index (χ0) is 45.2. The summed E-state index contributed by atoms with van der Waals surface area (Å²) in [5.41, 5.74) is 0. The van der Waals surface area contributed by atoms with Gasteiger partial charge in [0.1, 0.15) is 6.10 Å². The Morgan fingerprint density at radius 2 is 0.952 bits per heavy atom. The highest BCUT2D eigenvalue weighted by atomic mass is 16.5. The molecule has 0 aliphatic rings. The summed E-state index contributed by atoms with van der Waals surface area (Å²) >= 11 is 0. The Hall–Kier alpha value is -2.96. The van der Waals surface area contributed by atoms with E-state index < -0.39 is 18.2 Å². The van der Waals surface area contributed by atoms with Crippen molar-refractivity contribution in [1.82, 2.24) is 5.32 Å². The van der Waals surface area contributed by atoms with Crippen LogP contribution in [0.5, 0.6) is 0 Å². The van der Waals surface area contributed by atoms with Crippen LogP contribution in [0.15, 0.2) is 85.1 Å². The third kappa shape index (κ3) is 43.7. The van der Waals surface area contributed by atoms with Crippen LogP contribution in [0.1, 0.15) is 233 Å². The number of nitrogens with one attached hydrogen (secondary N) is 1. The maximum Gasteiger partial charge on any atom is 0.306 e. The summed E-state index contributed by atoms with van der Waals surface area (Å²) < 4.78 is 5.90. The Morgan fingerprint density at radius 3 is 1.53 bits per heavy atom. The van der Waals surface area contributed by atoms with Crippen molar-refractivity contribution in [3.05, 3.63) is 85.1 Å². The van der Waals surface area contributed by atoms with Gasteiger partial charge in [0.05, 0.1) is 25.2 Å². The molecule has 0 aliphatic heterocycles. The number of ether oxygens (including phenoxy) is 1. The van der Waals surface area contributed by atoms with Crippen molar-refractivity contribution in [3.8, 4) is 0 Å². The molecule has 3 atom stereocenters. The third-order valence-corrected chi connectivity index (χ3v) is 11.3. The first-order valence-electron chi connectivity index (χ1n) is 25.9. The average molecular weight is 864 g/mol. The Kier molecular flexibility index (Phi) is 46.7. The Balaban J connectivity index is 4.63. The number of allylic oxidation sites excluding steroid dienone is 14. The van der Waals surface area contributed by atoms with Gasteiger partial charge in [-0.2, -0.15) is 0 Å². The zero-order valence-electron chi connectivity index (χ0n) is 40.5. The fraction of sp³-hybridized carbons (Fsp3) is 0.714. The van der Waals surface area contributed by atoms with Crippen LogP contribution in [0.25, 0.3) is 0 Å². The van der Waals surface area contributed by atoms with Crippen LogP contribution in [-0.2, 0) is 14.3 Å². The van der Waals surface area contributed by atoms with Crippen LogP contribution in [0.2, 0.25) is 0 Å². The zero-order valence-corrected chi connectivity index (χ0v) is 40.5. The van der Waals surface area contributed by atoms with Crippen molar-refractivity contribution >= 4 is 11.9 Å². The van der Waals surface area contributed by atoms with Gasteiger partial charge in [0, 0.05) is 6.42 Å². The number of aliphatic hydroxyl groups is 2. The van der Waals surface area contributed by atoms with Crippen molar-refractivity contribution in [2.45, 2.75) is 251 Å². The lowest BCUT2D eigenvalue weighted by Crippen LogP contribution is -2.46. The van der Waals surface area contributed by atoms with Crippen molar-refractivity contribution in [3.63, 3.8) is 0 Å². The smallest absolute Gasteiger partial charge is 0.306 e. The first-order valence-corrected chi connectivity index (χ1v) is 25.9. The molecule has 0 rings (SSSR count). The summed E-state index contributed by atoms with van der Waals surface area (Å²) in [4.78, 5) is 26.1. The van der Waals surface area contributed by atoms with E-state index >= 15 is 0 Å². The van der Waals surface area contributed by atoms with Crippen molar-refractivity contribution in [1.29, 1.82) is 0 Å². The quantitative estimate of drug-likeness (QED) is 0.0245. The SMILES string of the molecule is CC/C=C/C=C/C=C/C=C\CCCCCC(CC(=O)NC(CO)C(O)CCCCCCCCCCCCCCCCCC)OC(=O)CCCCCC/C=C/C/C=C/C/C=C/CC. The van der Waals surface area contributed by atoms with Crippen LogP contribution >= 0.6 is 0 Å². The monoisotopic (exact) mass is 864 g/mol. The summed E-state index contributed by atoms with van der Waals surface area (Å²) in [5.74, 6) is -0.543. The molecule has 0 saturated carbocycles. The first kappa shape index (κ1) is 59.0. The van der Waals surface area contributed by atoms with Gasteiger partial charge in [0.25, 0.3) is 0 Å². The molecule has 3 unspecified atom stereocenters. The standard InChI is InChI=1S/C56H97NO5/c1-4-7-10-13-16-19-22-25-27-28-30-33-36-39-42-45-48-54(59)53(51-58)57-55(60)50-52(47-44-41-38-35-32-29-24-21-18-15-12-9-6-3)62-56(61)49-46-43-40-37-34-31-26-23-20-17-14-11-8-5-2/h8-9,11-12,15,17-18,20-21,24,26,29,31-32,52-54,58-59H,4-7,10,13-14,16,19,22-23,25,27-28,30,33-51H2,1-3H3,(H,57,60)/b11-8+,12-9+,18-15+,20-17+,24-21+,31-26+,32-29-. The van der Waals surface area contributed by atoms with Crippen molar-refractivity contribution in [2.75, 3.05) is 6.61 Å². The second-order valence-electron chi connectivity index (χ2n) is 17.3. The van der Waals surface area contributed by atoms with Crippen LogP contribution in [0, 0.1) is 0 Å². The van der Waals surface area contributed by atoms with E-state index in [-0.39, 0.29) is 24.9 Å². The van der Waals surface area contributed by atoms with Crippen LogP contribution < -0.4 is 5.32 Å². The van der Waals surface area contributed by atoms with E-state index in [1.165, 1.54) is 83.5 Å². The molecule has 356 valence electrons. The number of rotatable bonds is 45. The molecule has 3 N–H and O–H groups in total. The van der Waals surface area contributed by atoms with E-state index in [0.29, 0.717) is 19.3 Å². The molecule has 0 saturated heterocycles. The Labute approximate surface area is 383 Å². The molecule has 6 heteroatoms. The normalized spacial score (nSPS) is 14.0. The van der Waals surface area contributed by atoms with Gasteiger partial charge < -0.3 is 20.3 Å². The minimum absolute atomic E-state index is 0.0383. The predicted octanol–water partition coefficient (Wildman–Crippen LogP) is 15.6. The molecule has 0 bridgehead atoms. The molecule has 0 aromatic heterocycles. The largest absolute Gasteiger partial charge is 0.462 e. The van der Waals surface area contributed by atoms with Gasteiger partial charge in [-0.1, -0.05) is 228 Å². The number of carbonyl (C=O) groups is 2. The number of aliphatic hydroxyl groups excluding tert-OH is 2. The topological polar surface area (TPSA) is 95.9 Å². The molecular formula is C56H97NO5. The maximum absolute atomic E-state index is 13.2. The number of carbonyl (C=O) groups excluding carboxylic acids is 2. The lowest BCUT2D eigenvalue weighted by atomic mass is 10.0. The van der Waals surface area contributed by atoms with Crippen LogP contribution in [-0.4, -0.2) is 46.9 Å². The molecular weight excluding hydrogens is 767 g/mol. The van der Waals surface area contributed by atoms with E-state index in [1.807, 2.05) is 24.3 Å². The highest BCUT2D eigenvalue weighted by molar-refractivity contribution is 5.77. The molecule has 0 spiro atoms. The van der Waals surface area contributed by atoms with Gasteiger partial charge in [-0.15, -0.1) is 0 Å². The summed E-state index contributed by atoms with van der Waals surface area (Å²) in [6.45, 7) is 6.22. The number of esters is 1. The number of hydrogen-bond acceptors (Lipinski definition) is 5. The molecule has 0 heterocycles. The van der Waals surface area contributed by atoms with Gasteiger partial charge in [-0.3, -0.25) is 9.59 Å². The van der Waals surface area contributed by atoms with E-state index in [0.717, 1.165) is 103 Å². The average Bonchev–Trinajstić information content (AvgIpc) is 3.26. The number of hydrogen-bond donors (Lipinski definition) is 3. The lowest BCUT2D eigenvalue weighted by Gasteiger charge is -2.24. The third-order valence-electron chi connectivity index (χ3n) is 11.3. The van der Waals surface area contributed by atoms with Gasteiger partial charge in [0.2, 0.25) is 5.91 Å². The van der Waals surface area contributed by atoms with Crippen LogP contribution in [0.3, 0.4) is 0 Å². The first-order chi connectivity index (χ1) is 30.5. The van der Waals surface area contributed by atoms with Gasteiger partial charge in [-0.05, 0) is 77.0 Å². The molecule has 0 aromatic rings. The fourth-order valence-corrected chi connectivity index (χ4v) is 7.45. The molecule has 62 heavy (non-hydrogen) atoms. The summed E-state index contributed by atoms with van der Waals surface area (Å²) in [6.07, 6.45) is 63.6. The van der Waals surface area contributed by atoms with Crippen molar-refractivity contribution in [2.24, 2.45) is 0 Å². The van der Waals surface area contributed by atoms with Gasteiger partial charge >= 0.3 is 5.97 Å². The maximum atomic E-state index is 13.2. The molecule has 0 radical (unpaired) electrons. The lowest BCUT2D eigenvalue weighted by molar-refractivity contribution is -0.151. The van der Waals surface area contributed by atoms with E-state index in [9.17, 15) is 19.8 Å². The Bertz CT molecular complexity index is 1200. The van der Waals surface area contributed by atoms with Crippen molar-refractivity contribution < 1.29 is 24.5 Å². The van der Waals surface area contributed by atoms with E-state index in [2.05, 4.69) is 86.8 Å². The Morgan fingerprint density at radius 1 is 0.500 bits per heavy atom. The second-order valence-corrected chi connectivity index (χ2v) is 17.3. The highest BCUT2D eigenvalue weighted by Gasteiger charge is 2.24. The second kappa shape index (κ2) is 49.1. The minimum Gasteiger partial charge on any atom is -0.462 e. The predicted molar refractivity (Wildman–Crippen MR) is 268 cm³/mol. The molecule has 0 aliphatic carbocycles. The number of amides is 1. The number of unbranched alkanes of at least 4 members (excludes halogenated alkanes) is 22. The minimum atomic E-state index is -0.807. The summed E-state index contributed by atoms with van der Waals surface area (Å²) in [7, 11) is 0. The molecule has 0 aromatic carbocycles.